The predicted octanol–water partition coefficient (Wildman–Crippen LogP) is 3.32. The minimum atomic E-state index is -0.604. The zero-order valence-corrected chi connectivity index (χ0v) is 15.0. The fraction of sp³-hybridized carbons (Fsp3) is 0.400. The van der Waals surface area contributed by atoms with Gasteiger partial charge in [-0.3, -0.25) is 4.79 Å². The Morgan fingerprint density at radius 1 is 1.20 bits per heavy atom. The van der Waals surface area contributed by atoms with Gasteiger partial charge >= 0.3 is 5.63 Å². The second kappa shape index (κ2) is 8.62. The molecule has 1 aromatic carbocycles. The van der Waals surface area contributed by atoms with Crippen molar-refractivity contribution in [3.8, 4) is 0 Å². The highest BCUT2D eigenvalue weighted by atomic mass is 16.4. The Balaban J connectivity index is 2.14. The average molecular weight is 343 g/mol. The molecule has 1 amide bonds. The van der Waals surface area contributed by atoms with Crippen LogP contribution in [0.15, 0.2) is 39.5 Å². The third-order valence-corrected chi connectivity index (χ3v) is 4.01. The number of hydrogen-bond donors (Lipinski definition) is 2. The summed E-state index contributed by atoms with van der Waals surface area (Å²) in [6.45, 7) is 6.04. The molecule has 2 aromatic rings. The molecule has 2 rings (SSSR count). The second-order valence-corrected chi connectivity index (χ2v) is 6.62. The molecule has 0 aliphatic carbocycles. The maximum absolute atomic E-state index is 12.4. The van der Waals surface area contributed by atoms with Gasteiger partial charge in [0, 0.05) is 18.7 Å². The molecule has 0 unspecified atom stereocenters. The Bertz CT molecular complexity index is 775. The molecule has 0 spiro atoms. The van der Waals surface area contributed by atoms with Crippen molar-refractivity contribution in [2.75, 3.05) is 11.9 Å². The van der Waals surface area contributed by atoms with Gasteiger partial charge in [0.2, 0.25) is 0 Å². The highest BCUT2D eigenvalue weighted by Crippen LogP contribution is 2.15. The van der Waals surface area contributed by atoms with Crippen LogP contribution >= 0.6 is 0 Å². The molecule has 0 bridgehead atoms. The van der Waals surface area contributed by atoms with Crippen LogP contribution in [0, 0.1) is 12.8 Å². The Hall–Kier alpha value is -2.40. The third kappa shape index (κ3) is 5.29. The van der Waals surface area contributed by atoms with E-state index in [9.17, 15) is 9.59 Å². The topological polar surface area (TPSA) is 79.5 Å². The Morgan fingerprint density at radius 3 is 2.44 bits per heavy atom. The van der Waals surface area contributed by atoms with Crippen molar-refractivity contribution < 1.29 is 14.3 Å². The van der Waals surface area contributed by atoms with E-state index < -0.39 is 11.5 Å². The molecule has 134 valence electrons. The molecule has 25 heavy (non-hydrogen) atoms. The van der Waals surface area contributed by atoms with Crippen molar-refractivity contribution in [1.29, 1.82) is 0 Å². The molecule has 1 aromatic heterocycles. The quantitative estimate of drug-likeness (QED) is 0.808. The molecular formula is C20H25NO4. The lowest BCUT2D eigenvalue weighted by molar-refractivity contribution is 0.102. The van der Waals surface area contributed by atoms with E-state index in [1.807, 2.05) is 12.1 Å². The first kappa shape index (κ1) is 18.9. The zero-order chi connectivity index (χ0) is 18.4. The van der Waals surface area contributed by atoms with Crippen LogP contribution in [-0.2, 0) is 12.8 Å². The van der Waals surface area contributed by atoms with Crippen molar-refractivity contribution in [2.45, 2.75) is 40.0 Å². The number of carbonyl (C=O) groups excluding carboxylic acids is 1. The number of nitrogens with one attached hydrogen (secondary N) is 1. The molecule has 2 N–H and O–H groups in total. The maximum atomic E-state index is 12.4. The van der Waals surface area contributed by atoms with Crippen molar-refractivity contribution in [3.63, 3.8) is 0 Å². The van der Waals surface area contributed by atoms with Gasteiger partial charge in [0.1, 0.15) is 11.3 Å². The first-order valence-corrected chi connectivity index (χ1v) is 8.55. The van der Waals surface area contributed by atoms with Gasteiger partial charge in [-0.25, -0.2) is 4.79 Å². The number of rotatable bonds is 7. The van der Waals surface area contributed by atoms with Gasteiger partial charge in [-0.15, -0.1) is 0 Å². The first-order valence-electron chi connectivity index (χ1n) is 8.55. The fourth-order valence-electron chi connectivity index (χ4n) is 2.58. The van der Waals surface area contributed by atoms with Crippen LogP contribution in [0.3, 0.4) is 0 Å². The normalized spacial score (nSPS) is 10.9. The molecule has 0 atom stereocenters. The lowest BCUT2D eigenvalue weighted by atomic mass is 10.0. The van der Waals surface area contributed by atoms with Crippen molar-refractivity contribution in [1.82, 2.24) is 0 Å². The summed E-state index contributed by atoms with van der Waals surface area (Å²) in [5.41, 5.74) is 1.62. The number of aliphatic hydroxyl groups is 1. The van der Waals surface area contributed by atoms with E-state index in [0.717, 1.165) is 12.0 Å². The Kier molecular flexibility index (Phi) is 6.53. The number of amides is 1. The van der Waals surface area contributed by atoms with E-state index in [1.54, 1.807) is 25.1 Å². The highest BCUT2D eigenvalue weighted by molar-refractivity contribution is 6.04. The van der Waals surface area contributed by atoms with E-state index >= 15 is 0 Å². The third-order valence-electron chi connectivity index (χ3n) is 4.01. The molecule has 0 aliphatic heterocycles. The van der Waals surface area contributed by atoms with E-state index in [4.69, 9.17) is 9.52 Å². The van der Waals surface area contributed by atoms with Crippen LogP contribution in [-0.4, -0.2) is 17.6 Å². The van der Waals surface area contributed by atoms with Gasteiger partial charge in [0.05, 0.1) is 0 Å². The van der Waals surface area contributed by atoms with E-state index in [-0.39, 0.29) is 12.2 Å². The maximum Gasteiger partial charge on any atom is 0.349 e. The van der Waals surface area contributed by atoms with Gasteiger partial charge < -0.3 is 14.8 Å². The lowest BCUT2D eigenvalue weighted by Crippen LogP contribution is -2.23. The van der Waals surface area contributed by atoms with Gasteiger partial charge in [-0.1, -0.05) is 26.0 Å². The summed E-state index contributed by atoms with van der Waals surface area (Å²) in [6.07, 6.45) is 2.17. The van der Waals surface area contributed by atoms with Crippen LogP contribution in [0.4, 0.5) is 5.69 Å². The Labute approximate surface area is 147 Å². The fourth-order valence-corrected chi connectivity index (χ4v) is 2.58. The first-order chi connectivity index (χ1) is 11.9. The smallest absolute Gasteiger partial charge is 0.349 e. The van der Waals surface area contributed by atoms with E-state index in [0.29, 0.717) is 35.8 Å². The van der Waals surface area contributed by atoms with Crippen LogP contribution < -0.4 is 10.9 Å². The number of carbonyl (C=O) groups is 1. The summed E-state index contributed by atoms with van der Waals surface area (Å²) in [5, 5.41) is 11.6. The average Bonchev–Trinajstić information content (AvgIpc) is 2.54. The summed E-state index contributed by atoms with van der Waals surface area (Å²) < 4.78 is 5.31. The minimum absolute atomic E-state index is 0.0349. The number of benzene rings is 1. The van der Waals surface area contributed by atoms with E-state index in [2.05, 4.69) is 19.2 Å². The van der Waals surface area contributed by atoms with Gasteiger partial charge in [0.15, 0.2) is 0 Å². The van der Waals surface area contributed by atoms with E-state index in [1.165, 1.54) is 0 Å². The largest absolute Gasteiger partial charge is 0.427 e. The SMILES string of the molecule is Cc1cc(CCC(C)C)oc(=O)c1C(=O)Nc1ccc(CCO)cc1. The molecule has 0 aliphatic rings. The second-order valence-electron chi connectivity index (χ2n) is 6.62. The predicted molar refractivity (Wildman–Crippen MR) is 98.1 cm³/mol. The number of aliphatic hydroxyl groups excluding tert-OH is 1. The molecule has 0 fully saturated rings. The molecule has 1 heterocycles. The minimum Gasteiger partial charge on any atom is -0.427 e. The van der Waals surface area contributed by atoms with Crippen LogP contribution in [0.5, 0.6) is 0 Å². The van der Waals surface area contributed by atoms with Crippen molar-refractivity contribution >= 4 is 11.6 Å². The summed E-state index contributed by atoms with van der Waals surface area (Å²) >= 11 is 0. The number of aryl methyl sites for hydroxylation is 2. The number of hydrogen-bond acceptors (Lipinski definition) is 4. The molecule has 0 saturated carbocycles. The summed E-state index contributed by atoms with van der Waals surface area (Å²) in [7, 11) is 0. The monoisotopic (exact) mass is 343 g/mol. The highest BCUT2D eigenvalue weighted by Gasteiger charge is 2.17. The number of anilines is 1. The van der Waals surface area contributed by atoms with Crippen LogP contribution in [0.2, 0.25) is 0 Å². The van der Waals surface area contributed by atoms with Gasteiger partial charge in [-0.2, -0.15) is 0 Å². The zero-order valence-electron chi connectivity index (χ0n) is 15.0. The summed E-state index contributed by atoms with van der Waals surface area (Å²) in [6, 6.07) is 8.92. The van der Waals surface area contributed by atoms with Crippen molar-refractivity contribution in [2.24, 2.45) is 5.92 Å². The lowest BCUT2D eigenvalue weighted by Gasteiger charge is -2.09. The Morgan fingerprint density at radius 2 is 1.88 bits per heavy atom. The molecule has 5 nitrogen and oxygen atoms in total. The van der Waals surface area contributed by atoms with Crippen LogP contribution in [0.1, 0.15) is 47.5 Å². The van der Waals surface area contributed by atoms with Gasteiger partial charge in [-0.05, 0) is 55.0 Å². The molecule has 5 heteroatoms. The van der Waals surface area contributed by atoms with Crippen LogP contribution in [0.25, 0.3) is 0 Å². The molecular weight excluding hydrogens is 318 g/mol. The summed E-state index contributed by atoms with van der Waals surface area (Å²) in [4.78, 5) is 24.7. The molecule has 0 saturated heterocycles. The molecule has 0 radical (unpaired) electrons. The van der Waals surface area contributed by atoms with Gasteiger partial charge in [0.25, 0.3) is 5.91 Å². The standard InChI is InChI=1S/C20H25NO4/c1-13(2)4-9-17-12-14(3)18(20(24)25-17)19(23)21-16-7-5-15(6-8-16)10-11-22/h5-8,12-13,22H,4,9-11H2,1-3H3,(H,21,23). The summed E-state index contributed by atoms with van der Waals surface area (Å²) in [5.74, 6) is 0.653. The van der Waals surface area contributed by atoms with Crippen molar-refractivity contribution in [3.05, 3.63) is 63.2 Å².